The smallest absolute Gasteiger partial charge is 0.205 e. The minimum atomic E-state index is 0.127. The Morgan fingerprint density at radius 3 is 2.19 bits per heavy atom. The number of anilines is 3. The Labute approximate surface area is 124 Å². The lowest BCUT2D eigenvalue weighted by Gasteiger charge is -2.19. The topological polar surface area (TPSA) is 85.1 Å². The van der Waals surface area contributed by atoms with Gasteiger partial charge in [-0.25, -0.2) is 15.8 Å². The maximum Gasteiger partial charge on any atom is 0.205 e. The molecule has 112 valence electrons. The highest BCUT2D eigenvalue weighted by Gasteiger charge is 2.14. The van der Waals surface area contributed by atoms with E-state index in [0.29, 0.717) is 17.4 Å². The molecule has 2 rings (SSSR count). The van der Waals surface area contributed by atoms with E-state index in [0.717, 1.165) is 5.69 Å². The standard InChI is InChI=1S/C15H21N5O/c1-15(2,3)10-5-7-11(8-6-10)19-13-12(21-4)14(20-16)18-9-17-13/h5-9H,16H2,1-4H3,(H2,17,18,19,20). The fourth-order valence-corrected chi connectivity index (χ4v) is 1.95. The van der Waals surface area contributed by atoms with Crippen molar-refractivity contribution < 1.29 is 4.74 Å². The van der Waals surface area contributed by atoms with E-state index in [1.165, 1.54) is 11.9 Å². The SMILES string of the molecule is COc1c(NN)ncnc1Nc1ccc(C(C)(C)C)cc1. The first-order valence-corrected chi connectivity index (χ1v) is 6.69. The monoisotopic (exact) mass is 287 g/mol. The molecule has 0 saturated heterocycles. The van der Waals surface area contributed by atoms with Crippen LogP contribution in [-0.2, 0) is 5.41 Å². The van der Waals surface area contributed by atoms with E-state index in [9.17, 15) is 0 Å². The van der Waals surface area contributed by atoms with Gasteiger partial charge in [0.2, 0.25) is 5.75 Å². The molecule has 0 unspecified atom stereocenters. The largest absolute Gasteiger partial charge is 0.490 e. The number of nitrogens with one attached hydrogen (secondary N) is 2. The van der Waals surface area contributed by atoms with Crippen LogP contribution in [0.15, 0.2) is 30.6 Å². The Morgan fingerprint density at radius 1 is 1.05 bits per heavy atom. The molecule has 0 bridgehead atoms. The summed E-state index contributed by atoms with van der Waals surface area (Å²) in [5.41, 5.74) is 4.80. The Kier molecular flexibility index (Phi) is 4.28. The minimum absolute atomic E-state index is 0.127. The fraction of sp³-hybridized carbons (Fsp3) is 0.333. The van der Waals surface area contributed by atoms with Crippen LogP contribution in [0, 0.1) is 0 Å². The second kappa shape index (κ2) is 5.97. The van der Waals surface area contributed by atoms with Gasteiger partial charge in [0.05, 0.1) is 7.11 Å². The minimum Gasteiger partial charge on any atom is -0.490 e. The average Bonchev–Trinajstić information content (AvgIpc) is 2.46. The molecule has 1 heterocycles. The summed E-state index contributed by atoms with van der Waals surface area (Å²) in [6.07, 6.45) is 1.42. The molecule has 0 fully saturated rings. The molecular weight excluding hydrogens is 266 g/mol. The van der Waals surface area contributed by atoms with Gasteiger partial charge in [-0.1, -0.05) is 32.9 Å². The van der Waals surface area contributed by atoms with Crippen molar-refractivity contribution in [3.63, 3.8) is 0 Å². The average molecular weight is 287 g/mol. The lowest BCUT2D eigenvalue weighted by molar-refractivity contribution is 0.415. The lowest BCUT2D eigenvalue weighted by Crippen LogP contribution is -2.12. The highest BCUT2D eigenvalue weighted by molar-refractivity contribution is 5.69. The highest BCUT2D eigenvalue weighted by Crippen LogP contribution is 2.31. The molecule has 0 amide bonds. The van der Waals surface area contributed by atoms with Gasteiger partial charge in [0.1, 0.15) is 6.33 Å². The Balaban J connectivity index is 2.26. The maximum absolute atomic E-state index is 5.41. The molecule has 0 saturated carbocycles. The van der Waals surface area contributed by atoms with E-state index >= 15 is 0 Å². The number of hydrogen-bond donors (Lipinski definition) is 3. The first kappa shape index (κ1) is 15.1. The molecule has 0 radical (unpaired) electrons. The van der Waals surface area contributed by atoms with E-state index in [4.69, 9.17) is 10.6 Å². The van der Waals surface area contributed by atoms with E-state index in [-0.39, 0.29) is 5.41 Å². The molecule has 6 nitrogen and oxygen atoms in total. The quantitative estimate of drug-likeness (QED) is 0.592. The van der Waals surface area contributed by atoms with Gasteiger partial charge < -0.3 is 15.5 Å². The van der Waals surface area contributed by atoms with Gasteiger partial charge in [-0.15, -0.1) is 0 Å². The van der Waals surface area contributed by atoms with Gasteiger partial charge in [-0.3, -0.25) is 0 Å². The summed E-state index contributed by atoms with van der Waals surface area (Å²) in [6, 6.07) is 8.21. The van der Waals surface area contributed by atoms with E-state index < -0.39 is 0 Å². The number of hydrogen-bond acceptors (Lipinski definition) is 6. The van der Waals surface area contributed by atoms with Gasteiger partial charge >= 0.3 is 0 Å². The summed E-state index contributed by atoms with van der Waals surface area (Å²) >= 11 is 0. The van der Waals surface area contributed by atoms with Crippen molar-refractivity contribution in [3.8, 4) is 5.75 Å². The third kappa shape index (κ3) is 3.41. The summed E-state index contributed by atoms with van der Waals surface area (Å²) in [5, 5.41) is 3.21. The molecular formula is C15H21N5O. The molecule has 0 aliphatic heterocycles. The van der Waals surface area contributed by atoms with Crippen LogP contribution in [0.25, 0.3) is 0 Å². The second-order valence-corrected chi connectivity index (χ2v) is 5.70. The normalized spacial score (nSPS) is 11.1. The third-order valence-electron chi connectivity index (χ3n) is 3.16. The van der Waals surface area contributed by atoms with Gasteiger partial charge in [0, 0.05) is 5.69 Å². The molecule has 0 aliphatic carbocycles. The molecule has 4 N–H and O–H groups in total. The van der Waals surface area contributed by atoms with Crippen molar-refractivity contribution in [2.45, 2.75) is 26.2 Å². The molecule has 0 aliphatic rings. The van der Waals surface area contributed by atoms with Crippen LogP contribution < -0.4 is 21.3 Å². The van der Waals surface area contributed by atoms with Crippen molar-refractivity contribution >= 4 is 17.3 Å². The Hall–Kier alpha value is -2.34. The lowest BCUT2D eigenvalue weighted by atomic mass is 9.87. The van der Waals surface area contributed by atoms with Crippen molar-refractivity contribution in [2.24, 2.45) is 5.84 Å². The van der Waals surface area contributed by atoms with Crippen LogP contribution >= 0.6 is 0 Å². The maximum atomic E-state index is 5.41. The summed E-state index contributed by atoms with van der Waals surface area (Å²) in [5.74, 6) is 6.87. The third-order valence-corrected chi connectivity index (χ3v) is 3.16. The number of methoxy groups -OCH3 is 1. The number of benzene rings is 1. The van der Waals surface area contributed by atoms with E-state index in [1.54, 1.807) is 7.11 Å². The number of nitrogens with two attached hydrogens (primary N) is 1. The predicted molar refractivity (Wildman–Crippen MR) is 84.8 cm³/mol. The van der Waals surface area contributed by atoms with Crippen molar-refractivity contribution in [2.75, 3.05) is 17.9 Å². The number of ether oxygens (including phenoxy) is 1. The highest BCUT2D eigenvalue weighted by atomic mass is 16.5. The number of aromatic nitrogens is 2. The predicted octanol–water partition coefficient (Wildman–Crippen LogP) is 2.81. The Morgan fingerprint density at radius 2 is 1.67 bits per heavy atom. The zero-order valence-corrected chi connectivity index (χ0v) is 12.8. The van der Waals surface area contributed by atoms with Crippen molar-refractivity contribution in [1.82, 2.24) is 9.97 Å². The van der Waals surface area contributed by atoms with Crippen LogP contribution in [0.1, 0.15) is 26.3 Å². The summed E-state index contributed by atoms with van der Waals surface area (Å²) in [7, 11) is 1.55. The van der Waals surface area contributed by atoms with Gasteiger partial charge in [-0.05, 0) is 23.1 Å². The van der Waals surface area contributed by atoms with Crippen molar-refractivity contribution in [3.05, 3.63) is 36.2 Å². The van der Waals surface area contributed by atoms with E-state index in [2.05, 4.69) is 53.6 Å². The van der Waals surface area contributed by atoms with Crippen molar-refractivity contribution in [1.29, 1.82) is 0 Å². The molecule has 1 aromatic heterocycles. The molecule has 0 spiro atoms. The number of rotatable bonds is 4. The summed E-state index contributed by atoms with van der Waals surface area (Å²) in [6.45, 7) is 6.55. The first-order chi connectivity index (χ1) is 9.95. The van der Waals surface area contributed by atoms with Crippen LogP contribution in [-0.4, -0.2) is 17.1 Å². The molecule has 21 heavy (non-hydrogen) atoms. The number of nitrogen functional groups attached to an aromatic ring is 1. The van der Waals surface area contributed by atoms with Crippen LogP contribution in [0.4, 0.5) is 17.3 Å². The fourth-order valence-electron chi connectivity index (χ4n) is 1.95. The summed E-state index contributed by atoms with van der Waals surface area (Å²) < 4.78 is 5.29. The zero-order valence-electron chi connectivity index (χ0n) is 12.8. The first-order valence-electron chi connectivity index (χ1n) is 6.69. The van der Waals surface area contributed by atoms with Crippen LogP contribution in [0.5, 0.6) is 5.75 Å². The molecule has 6 heteroatoms. The second-order valence-electron chi connectivity index (χ2n) is 5.70. The molecule has 0 atom stereocenters. The summed E-state index contributed by atoms with van der Waals surface area (Å²) in [4.78, 5) is 8.19. The molecule has 1 aromatic carbocycles. The molecule has 2 aromatic rings. The number of nitrogens with zero attached hydrogens (tertiary/aromatic N) is 2. The van der Waals surface area contributed by atoms with Gasteiger partial charge in [0.15, 0.2) is 11.6 Å². The number of hydrazine groups is 1. The van der Waals surface area contributed by atoms with E-state index in [1.807, 2.05) is 12.1 Å². The van der Waals surface area contributed by atoms with Crippen LogP contribution in [0.2, 0.25) is 0 Å². The van der Waals surface area contributed by atoms with Gasteiger partial charge in [0.25, 0.3) is 0 Å². The van der Waals surface area contributed by atoms with Gasteiger partial charge in [-0.2, -0.15) is 0 Å². The zero-order chi connectivity index (χ0) is 15.5. The Bertz CT molecular complexity index is 604. The van der Waals surface area contributed by atoms with Crippen LogP contribution in [0.3, 0.4) is 0 Å².